The van der Waals surface area contributed by atoms with Crippen LogP contribution in [-0.2, 0) is 13.1 Å². The third-order valence-electron chi connectivity index (χ3n) is 3.60. The summed E-state index contributed by atoms with van der Waals surface area (Å²) in [5, 5.41) is 3.38. The first-order valence-electron chi connectivity index (χ1n) is 7.38. The molecule has 2 aromatic rings. The lowest BCUT2D eigenvalue weighted by Gasteiger charge is -2.11. The van der Waals surface area contributed by atoms with Crippen molar-refractivity contribution in [2.24, 2.45) is 0 Å². The summed E-state index contributed by atoms with van der Waals surface area (Å²) in [6.45, 7) is 11.5. The van der Waals surface area contributed by atoms with Gasteiger partial charge in [-0.05, 0) is 50.4 Å². The first kappa shape index (κ1) is 14.8. The second-order valence-corrected chi connectivity index (χ2v) is 5.59. The number of hydrogen-bond acceptors (Lipinski definition) is 2. The van der Waals surface area contributed by atoms with E-state index < -0.39 is 0 Å². The standard InChI is InChI=1S/C17H25N3/c1-5-6-18-9-16-10-20(12-19-16)11-17-14(3)7-13(2)8-15(17)4/h7-8,10,12,18H,5-6,9,11H2,1-4H3. The van der Waals surface area contributed by atoms with Crippen molar-refractivity contribution in [3.05, 3.63) is 52.6 Å². The summed E-state index contributed by atoms with van der Waals surface area (Å²) in [4.78, 5) is 4.46. The van der Waals surface area contributed by atoms with E-state index in [4.69, 9.17) is 0 Å². The number of nitrogens with one attached hydrogen (secondary N) is 1. The molecule has 0 saturated heterocycles. The fourth-order valence-electron chi connectivity index (χ4n) is 2.62. The van der Waals surface area contributed by atoms with Crippen LogP contribution in [0, 0.1) is 20.8 Å². The van der Waals surface area contributed by atoms with E-state index >= 15 is 0 Å². The van der Waals surface area contributed by atoms with Crippen molar-refractivity contribution in [2.75, 3.05) is 6.54 Å². The molecular weight excluding hydrogens is 246 g/mol. The van der Waals surface area contributed by atoms with E-state index in [1.807, 2.05) is 6.33 Å². The van der Waals surface area contributed by atoms with Gasteiger partial charge < -0.3 is 9.88 Å². The van der Waals surface area contributed by atoms with Crippen LogP contribution >= 0.6 is 0 Å². The highest BCUT2D eigenvalue weighted by Gasteiger charge is 2.06. The normalized spacial score (nSPS) is 11.0. The van der Waals surface area contributed by atoms with Crippen LogP contribution in [0.15, 0.2) is 24.7 Å². The lowest BCUT2D eigenvalue weighted by atomic mass is 10.00. The lowest BCUT2D eigenvalue weighted by molar-refractivity contribution is 0.665. The van der Waals surface area contributed by atoms with E-state index in [1.165, 1.54) is 22.3 Å². The van der Waals surface area contributed by atoms with Gasteiger partial charge in [-0.1, -0.05) is 24.6 Å². The molecule has 0 amide bonds. The van der Waals surface area contributed by atoms with Gasteiger partial charge in [0.1, 0.15) is 0 Å². The summed E-state index contributed by atoms with van der Waals surface area (Å²) in [6, 6.07) is 4.51. The molecule has 1 heterocycles. The maximum Gasteiger partial charge on any atom is 0.0953 e. The van der Waals surface area contributed by atoms with Gasteiger partial charge >= 0.3 is 0 Å². The molecule has 3 nitrogen and oxygen atoms in total. The van der Waals surface area contributed by atoms with Gasteiger partial charge in [0.15, 0.2) is 0 Å². The molecule has 0 radical (unpaired) electrons. The second kappa shape index (κ2) is 6.71. The summed E-state index contributed by atoms with van der Waals surface area (Å²) < 4.78 is 2.17. The van der Waals surface area contributed by atoms with Crippen LogP contribution in [-0.4, -0.2) is 16.1 Å². The molecule has 1 aromatic heterocycles. The van der Waals surface area contributed by atoms with Gasteiger partial charge in [-0.2, -0.15) is 0 Å². The van der Waals surface area contributed by atoms with E-state index in [0.717, 1.165) is 31.7 Å². The van der Waals surface area contributed by atoms with Crippen molar-refractivity contribution in [1.82, 2.24) is 14.9 Å². The van der Waals surface area contributed by atoms with Gasteiger partial charge in [-0.15, -0.1) is 0 Å². The molecule has 3 heteroatoms. The number of hydrogen-bond donors (Lipinski definition) is 1. The monoisotopic (exact) mass is 271 g/mol. The Labute approximate surface area is 122 Å². The van der Waals surface area contributed by atoms with Crippen molar-refractivity contribution >= 4 is 0 Å². The van der Waals surface area contributed by atoms with Crippen LogP contribution in [0.5, 0.6) is 0 Å². The first-order chi connectivity index (χ1) is 9.60. The number of aryl methyl sites for hydroxylation is 3. The average molecular weight is 271 g/mol. The summed E-state index contributed by atoms with van der Waals surface area (Å²) in [5.74, 6) is 0. The average Bonchev–Trinajstić information content (AvgIpc) is 2.82. The molecule has 2 rings (SSSR count). The maximum atomic E-state index is 4.46. The largest absolute Gasteiger partial charge is 0.333 e. The van der Waals surface area contributed by atoms with Crippen molar-refractivity contribution in [1.29, 1.82) is 0 Å². The van der Waals surface area contributed by atoms with Crippen LogP contribution in [0.25, 0.3) is 0 Å². The SMILES string of the molecule is CCCNCc1cn(Cc2c(C)cc(C)cc2C)cn1. The van der Waals surface area contributed by atoms with Gasteiger partial charge in [0.2, 0.25) is 0 Å². The minimum Gasteiger partial charge on any atom is -0.333 e. The predicted molar refractivity (Wildman–Crippen MR) is 84.0 cm³/mol. The minimum absolute atomic E-state index is 0.854. The number of aromatic nitrogens is 2. The summed E-state index contributed by atoms with van der Waals surface area (Å²) in [5.41, 5.74) is 6.57. The zero-order chi connectivity index (χ0) is 14.5. The molecule has 0 atom stereocenters. The second-order valence-electron chi connectivity index (χ2n) is 5.59. The van der Waals surface area contributed by atoms with Crippen LogP contribution in [0.1, 0.15) is 41.3 Å². The third-order valence-corrected chi connectivity index (χ3v) is 3.60. The van der Waals surface area contributed by atoms with Crippen molar-refractivity contribution in [3.63, 3.8) is 0 Å². The Balaban J connectivity index is 2.07. The van der Waals surface area contributed by atoms with Crippen LogP contribution in [0.4, 0.5) is 0 Å². The Morgan fingerprint density at radius 3 is 2.50 bits per heavy atom. The zero-order valence-electron chi connectivity index (χ0n) is 13.0. The molecular formula is C17H25N3. The molecule has 0 bridgehead atoms. The highest BCUT2D eigenvalue weighted by molar-refractivity contribution is 5.37. The fourth-order valence-corrected chi connectivity index (χ4v) is 2.62. The maximum absolute atomic E-state index is 4.46. The molecule has 108 valence electrons. The number of rotatable bonds is 6. The summed E-state index contributed by atoms with van der Waals surface area (Å²) in [6.07, 6.45) is 5.23. The molecule has 0 spiro atoms. The Morgan fingerprint density at radius 2 is 1.85 bits per heavy atom. The van der Waals surface area contributed by atoms with Crippen LogP contribution < -0.4 is 5.32 Å². The molecule has 0 fully saturated rings. The Morgan fingerprint density at radius 1 is 1.15 bits per heavy atom. The zero-order valence-corrected chi connectivity index (χ0v) is 13.0. The van der Waals surface area contributed by atoms with Gasteiger partial charge in [-0.3, -0.25) is 0 Å². The van der Waals surface area contributed by atoms with Crippen LogP contribution in [0.3, 0.4) is 0 Å². The van der Waals surface area contributed by atoms with Gasteiger partial charge in [0.25, 0.3) is 0 Å². The van der Waals surface area contributed by atoms with E-state index in [1.54, 1.807) is 0 Å². The molecule has 0 aliphatic carbocycles. The lowest BCUT2D eigenvalue weighted by Crippen LogP contribution is -2.13. The third kappa shape index (κ3) is 3.70. The summed E-state index contributed by atoms with van der Waals surface area (Å²) >= 11 is 0. The van der Waals surface area contributed by atoms with E-state index in [-0.39, 0.29) is 0 Å². The summed E-state index contributed by atoms with van der Waals surface area (Å²) in [7, 11) is 0. The highest BCUT2D eigenvalue weighted by Crippen LogP contribution is 2.17. The number of benzene rings is 1. The Bertz CT molecular complexity index is 546. The Kier molecular flexibility index (Phi) is 4.96. The molecule has 0 aliphatic rings. The molecule has 1 aromatic carbocycles. The van der Waals surface area contributed by atoms with E-state index in [0.29, 0.717) is 0 Å². The smallest absolute Gasteiger partial charge is 0.0953 e. The minimum atomic E-state index is 0.854. The fraction of sp³-hybridized carbons (Fsp3) is 0.471. The highest BCUT2D eigenvalue weighted by atomic mass is 15.0. The molecule has 0 saturated carbocycles. The topological polar surface area (TPSA) is 29.9 Å². The van der Waals surface area contributed by atoms with E-state index in [9.17, 15) is 0 Å². The van der Waals surface area contributed by atoms with Crippen molar-refractivity contribution < 1.29 is 0 Å². The van der Waals surface area contributed by atoms with Gasteiger partial charge in [0, 0.05) is 19.3 Å². The number of nitrogens with zero attached hydrogens (tertiary/aromatic N) is 2. The van der Waals surface area contributed by atoms with E-state index in [2.05, 4.69) is 60.9 Å². The first-order valence-corrected chi connectivity index (χ1v) is 7.38. The van der Waals surface area contributed by atoms with Crippen LogP contribution in [0.2, 0.25) is 0 Å². The molecule has 1 N–H and O–H groups in total. The van der Waals surface area contributed by atoms with Crippen molar-refractivity contribution in [3.8, 4) is 0 Å². The Hall–Kier alpha value is -1.61. The van der Waals surface area contributed by atoms with Gasteiger partial charge in [-0.25, -0.2) is 4.98 Å². The van der Waals surface area contributed by atoms with Gasteiger partial charge in [0.05, 0.1) is 12.0 Å². The van der Waals surface area contributed by atoms with Crippen molar-refractivity contribution in [2.45, 2.75) is 47.2 Å². The molecule has 0 aliphatic heterocycles. The molecule has 20 heavy (non-hydrogen) atoms. The quantitative estimate of drug-likeness (QED) is 0.817. The number of imidazole rings is 1. The predicted octanol–water partition coefficient (Wildman–Crippen LogP) is 3.36. The molecule has 0 unspecified atom stereocenters.